The van der Waals surface area contributed by atoms with Crippen LogP contribution in [0.15, 0.2) is 47.2 Å². The first-order valence-electron chi connectivity index (χ1n) is 8.19. The Hall–Kier alpha value is -3.29. The van der Waals surface area contributed by atoms with Gasteiger partial charge in [0.25, 0.3) is 0 Å². The predicted molar refractivity (Wildman–Crippen MR) is 97.6 cm³/mol. The average Bonchev–Trinajstić information content (AvgIpc) is 3.20. The molecule has 0 unspecified atom stereocenters. The first-order chi connectivity index (χ1) is 12.8. The highest BCUT2D eigenvalue weighted by molar-refractivity contribution is 5.43. The number of nitrogens with zero attached hydrogens (tertiary/aromatic N) is 3. The molecule has 3 rings (SSSR count). The monoisotopic (exact) mass is 355 g/mol. The molecule has 2 aromatic heterocycles. The molecule has 2 N–H and O–H groups in total. The summed E-state index contributed by atoms with van der Waals surface area (Å²) < 4.78 is 15.8. The van der Waals surface area contributed by atoms with E-state index >= 15 is 0 Å². The fraction of sp³-hybridized carbons (Fsp3) is 0.278. The van der Waals surface area contributed by atoms with E-state index in [-0.39, 0.29) is 0 Å². The molecule has 8 nitrogen and oxygen atoms in total. The molecule has 0 saturated carbocycles. The van der Waals surface area contributed by atoms with Gasteiger partial charge in [-0.05, 0) is 36.2 Å². The van der Waals surface area contributed by atoms with E-state index < -0.39 is 0 Å². The van der Waals surface area contributed by atoms with Crippen LogP contribution >= 0.6 is 0 Å². The lowest BCUT2D eigenvalue weighted by molar-refractivity contribution is 0.354. The second-order valence-corrected chi connectivity index (χ2v) is 5.46. The van der Waals surface area contributed by atoms with Crippen molar-refractivity contribution in [1.29, 1.82) is 0 Å². The van der Waals surface area contributed by atoms with Gasteiger partial charge in [0.05, 0.1) is 33.2 Å². The third-order valence-electron chi connectivity index (χ3n) is 3.73. The molecule has 0 atom stereocenters. The molecule has 3 aromatic rings. The number of methoxy groups -OCH3 is 2. The molecule has 0 spiro atoms. The number of anilines is 2. The predicted octanol–water partition coefficient (Wildman–Crippen LogP) is 2.75. The Morgan fingerprint density at radius 2 is 1.96 bits per heavy atom. The minimum absolute atomic E-state index is 0.468. The van der Waals surface area contributed by atoms with Crippen LogP contribution in [0.2, 0.25) is 0 Å². The zero-order valence-electron chi connectivity index (χ0n) is 14.7. The highest BCUT2D eigenvalue weighted by Crippen LogP contribution is 2.27. The first kappa shape index (κ1) is 17.5. The smallest absolute Gasteiger partial charge is 0.244 e. The second-order valence-electron chi connectivity index (χ2n) is 5.46. The van der Waals surface area contributed by atoms with Gasteiger partial charge >= 0.3 is 0 Å². The van der Waals surface area contributed by atoms with E-state index in [0.29, 0.717) is 36.4 Å². The number of hydrogen-bond acceptors (Lipinski definition) is 8. The van der Waals surface area contributed by atoms with Gasteiger partial charge in [-0.25, -0.2) is 0 Å². The fourth-order valence-electron chi connectivity index (χ4n) is 2.41. The first-order valence-corrected chi connectivity index (χ1v) is 8.19. The molecule has 0 aliphatic heterocycles. The average molecular weight is 355 g/mol. The van der Waals surface area contributed by atoms with Crippen molar-refractivity contribution < 1.29 is 13.9 Å². The van der Waals surface area contributed by atoms with Crippen LogP contribution in [-0.4, -0.2) is 35.9 Å². The van der Waals surface area contributed by atoms with Crippen LogP contribution in [0.5, 0.6) is 11.5 Å². The van der Waals surface area contributed by atoms with Gasteiger partial charge in [-0.3, -0.25) is 0 Å². The Balaban J connectivity index is 1.52. The summed E-state index contributed by atoms with van der Waals surface area (Å²) >= 11 is 0. The molecule has 0 aliphatic rings. The van der Waals surface area contributed by atoms with Gasteiger partial charge in [0.1, 0.15) is 5.76 Å². The second kappa shape index (κ2) is 8.70. The highest BCUT2D eigenvalue weighted by atomic mass is 16.5. The van der Waals surface area contributed by atoms with E-state index in [1.165, 1.54) is 0 Å². The van der Waals surface area contributed by atoms with Crippen LogP contribution in [-0.2, 0) is 13.0 Å². The Labute approximate surface area is 151 Å². The van der Waals surface area contributed by atoms with Gasteiger partial charge in [0.15, 0.2) is 17.3 Å². The number of furan rings is 1. The lowest BCUT2D eigenvalue weighted by atomic mass is 10.1. The largest absolute Gasteiger partial charge is 0.493 e. The molecule has 0 radical (unpaired) electrons. The van der Waals surface area contributed by atoms with E-state index in [2.05, 4.69) is 25.8 Å². The number of benzene rings is 1. The van der Waals surface area contributed by atoms with Crippen molar-refractivity contribution in [1.82, 2.24) is 15.2 Å². The van der Waals surface area contributed by atoms with Crippen molar-refractivity contribution in [2.75, 3.05) is 31.4 Å². The van der Waals surface area contributed by atoms with Crippen LogP contribution in [0.3, 0.4) is 0 Å². The van der Waals surface area contributed by atoms with E-state index in [1.807, 2.05) is 30.3 Å². The molecule has 26 heavy (non-hydrogen) atoms. The Bertz CT molecular complexity index is 823. The zero-order chi connectivity index (χ0) is 18.2. The van der Waals surface area contributed by atoms with Crippen molar-refractivity contribution in [2.45, 2.75) is 13.0 Å². The summed E-state index contributed by atoms with van der Waals surface area (Å²) in [7, 11) is 3.25. The third kappa shape index (κ3) is 4.62. The van der Waals surface area contributed by atoms with E-state index in [0.717, 1.165) is 17.7 Å². The van der Waals surface area contributed by atoms with Gasteiger partial charge < -0.3 is 24.5 Å². The normalized spacial score (nSPS) is 10.4. The topological polar surface area (TPSA) is 94.3 Å². The quantitative estimate of drug-likeness (QED) is 0.605. The van der Waals surface area contributed by atoms with Crippen LogP contribution in [0.4, 0.5) is 11.8 Å². The number of rotatable bonds is 9. The molecule has 2 heterocycles. The van der Waals surface area contributed by atoms with Crippen LogP contribution in [0.1, 0.15) is 11.3 Å². The number of aromatic nitrogens is 3. The van der Waals surface area contributed by atoms with E-state index in [9.17, 15) is 0 Å². The van der Waals surface area contributed by atoms with Gasteiger partial charge in [0, 0.05) is 6.54 Å². The molecule has 8 heteroatoms. The lowest BCUT2D eigenvalue weighted by Gasteiger charge is -2.10. The Morgan fingerprint density at radius 1 is 1.08 bits per heavy atom. The van der Waals surface area contributed by atoms with Crippen molar-refractivity contribution in [3.05, 3.63) is 54.1 Å². The van der Waals surface area contributed by atoms with Crippen molar-refractivity contribution in [2.24, 2.45) is 0 Å². The molecule has 0 amide bonds. The highest BCUT2D eigenvalue weighted by Gasteiger charge is 2.05. The standard InChI is InChI=1S/C18H21N5O3/c1-24-15-6-5-13(10-16(15)25-2)7-8-19-18-22-17(12-21-23-18)20-11-14-4-3-9-26-14/h3-6,9-10,12H,7-8,11H2,1-2H3,(H2,19,20,22,23). The maximum atomic E-state index is 5.32. The SMILES string of the molecule is COc1ccc(CCNc2nncc(NCc3ccco3)n2)cc1OC. The number of hydrogen-bond donors (Lipinski definition) is 2. The minimum Gasteiger partial charge on any atom is -0.493 e. The number of nitrogens with one attached hydrogen (secondary N) is 2. The third-order valence-corrected chi connectivity index (χ3v) is 3.73. The summed E-state index contributed by atoms with van der Waals surface area (Å²) in [4.78, 5) is 4.38. The minimum atomic E-state index is 0.468. The summed E-state index contributed by atoms with van der Waals surface area (Å²) in [5, 5.41) is 14.3. The van der Waals surface area contributed by atoms with Crippen LogP contribution in [0.25, 0.3) is 0 Å². The summed E-state index contributed by atoms with van der Waals surface area (Å²) in [6.07, 6.45) is 3.99. The van der Waals surface area contributed by atoms with Gasteiger partial charge in [-0.2, -0.15) is 10.1 Å². The molecule has 0 saturated heterocycles. The maximum absolute atomic E-state index is 5.32. The number of ether oxygens (including phenoxy) is 2. The van der Waals surface area contributed by atoms with Crippen LogP contribution in [0, 0.1) is 0 Å². The maximum Gasteiger partial charge on any atom is 0.244 e. The summed E-state index contributed by atoms with van der Waals surface area (Å²) in [5.41, 5.74) is 1.12. The van der Waals surface area contributed by atoms with E-state index in [4.69, 9.17) is 13.9 Å². The summed E-state index contributed by atoms with van der Waals surface area (Å²) in [6.45, 7) is 1.20. The van der Waals surface area contributed by atoms with Crippen molar-refractivity contribution in [3.63, 3.8) is 0 Å². The molecule has 0 fully saturated rings. The fourth-order valence-corrected chi connectivity index (χ4v) is 2.41. The van der Waals surface area contributed by atoms with Gasteiger partial charge in [-0.1, -0.05) is 6.07 Å². The molecular formula is C18H21N5O3. The van der Waals surface area contributed by atoms with E-state index in [1.54, 1.807) is 26.7 Å². The zero-order valence-corrected chi connectivity index (χ0v) is 14.7. The Kier molecular flexibility index (Phi) is 5.87. The van der Waals surface area contributed by atoms with Crippen molar-refractivity contribution in [3.8, 4) is 11.5 Å². The molecule has 136 valence electrons. The van der Waals surface area contributed by atoms with Crippen molar-refractivity contribution >= 4 is 11.8 Å². The lowest BCUT2D eigenvalue weighted by Crippen LogP contribution is -2.10. The molecule has 1 aromatic carbocycles. The molecule has 0 aliphatic carbocycles. The van der Waals surface area contributed by atoms with Gasteiger partial charge in [-0.15, -0.1) is 5.10 Å². The Morgan fingerprint density at radius 3 is 2.73 bits per heavy atom. The molecule has 0 bridgehead atoms. The molecular weight excluding hydrogens is 334 g/mol. The summed E-state index contributed by atoms with van der Waals surface area (Å²) in [5.74, 6) is 3.35. The van der Waals surface area contributed by atoms with Crippen LogP contribution < -0.4 is 20.1 Å². The van der Waals surface area contributed by atoms with Gasteiger partial charge in [0.2, 0.25) is 5.95 Å². The summed E-state index contributed by atoms with van der Waals surface area (Å²) in [6, 6.07) is 9.59.